The number of piperazine rings is 1. The second-order valence-corrected chi connectivity index (χ2v) is 14.5. The zero-order valence-electron chi connectivity index (χ0n) is 31.9. The molecule has 0 aromatic heterocycles. The molecule has 3 heterocycles. The zero-order chi connectivity index (χ0) is 41.1. The van der Waals surface area contributed by atoms with Gasteiger partial charge in [0.1, 0.15) is 0 Å². The van der Waals surface area contributed by atoms with Crippen LogP contribution in [0.2, 0.25) is 0 Å². The molecule has 0 spiro atoms. The van der Waals surface area contributed by atoms with Gasteiger partial charge in [-0.05, 0) is 62.4 Å². The molecule has 58 heavy (non-hydrogen) atoms. The number of aryl methyl sites for hydroxylation is 2. The van der Waals surface area contributed by atoms with Gasteiger partial charge in [0.15, 0.2) is 24.8 Å². The highest BCUT2D eigenvalue weighted by Crippen LogP contribution is 2.30. The van der Waals surface area contributed by atoms with E-state index in [4.69, 9.17) is 9.47 Å². The van der Waals surface area contributed by atoms with Crippen molar-refractivity contribution in [2.45, 2.75) is 38.8 Å². The maximum Gasteiger partial charge on any atom is 0.338 e. The molecular weight excluding hydrogens is 745 g/mol. The molecule has 4 amide bonds. The number of benzene rings is 4. The average molecular weight is 785 g/mol. The highest BCUT2D eigenvalue weighted by atomic mass is 16.5. The van der Waals surface area contributed by atoms with Gasteiger partial charge in [-0.3, -0.25) is 38.6 Å². The molecule has 3 aliphatic heterocycles. The predicted molar refractivity (Wildman–Crippen MR) is 209 cm³/mol. The van der Waals surface area contributed by atoms with Crippen LogP contribution in [0.1, 0.15) is 65.4 Å². The van der Waals surface area contributed by atoms with Crippen molar-refractivity contribution in [3.05, 3.63) is 130 Å². The molecule has 0 N–H and O–H groups in total. The standard InChI is InChI=1S/C44H40N4O10/c1-27-3-7-29(8-4-27)37(49)25-57-43(55)31-11-15-33(16-12-31)47-39(51)23-35(41(47)53)45-19-21-46(22-20-45)36-24-40(52)48(42(36)54)34-17-13-32(14-18-34)44(56)58-26-38(50)30-9-5-28(2)6-10-30/h3-18,35-36H,19-26H2,1-2H3. The number of carbonyl (C=O) groups is 8. The summed E-state index contributed by atoms with van der Waals surface area (Å²) in [6.45, 7) is 4.46. The summed E-state index contributed by atoms with van der Waals surface area (Å²) >= 11 is 0. The molecule has 2 unspecified atom stereocenters. The first-order chi connectivity index (χ1) is 27.9. The summed E-state index contributed by atoms with van der Waals surface area (Å²) < 4.78 is 10.4. The summed E-state index contributed by atoms with van der Waals surface area (Å²) in [5, 5.41) is 0. The number of imide groups is 2. The summed E-state index contributed by atoms with van der Waals surface area (Å²) in [6, 6.07) is 24.1. The number of ether oxygens (including phenoxy) is 2. The number of Topliss-reactive ketones (excluding diaryl/α,β-unsaturated/α-hetero) is 2. The van der Waals surface area contributed by atoms with Gasteiger partial charge in [-0.1, -0.05) is 59.7 Å². The number of rotatable bonds is 12. The Hall–Kier alpha value is -6.64. The molecule has 3 fully saturated rings. The van der Waals surface area contributed by atoms with Gasteiger partial charge in [-0.15, -0.1) is 0 Å². The van der Waals surface area contributed by atoms with Crippen LogP contribution in [-0.4, -0.2) is 108 Å². The summed E-state index contributed by atoms with van der Waals surface area (Å²) in [7, 11) is 0. The molecule has 0 radical (unpaired) electrons. The topological polar surface area (TPSA) is 168 Å². The Balaban J connectivity index is 0.891. The van der Waals surface area contributed by atoms with Crippen LogP contribution in [0.5, 0.6) is 0 Å². The van der Waals surface area contributed by atoms with Gasteiger partial charge in [-0.2, -0.15) is 0 Å². The van der Waals surface area contributed by atoms with Crippen LogP contribution in [0.4, 0.5) is 11.4 Å². The Bertz CT molecular complexity index is 2120. The van der Waals surface area contributed by atoms with Crippen LogP contribution < -0.4 is 9.80 Å². The molecule has 0 saturated carbocycles. The Kier molecular flexibility index (Phi) is 11.5. The van der Waals surface area contributed by atoms with Gasteiger partial charge in [-0.25, -0.2) is 19.4 Å². The van der Waals surface area contributed by atoms with Crippen LogP contribution in [0.25, 0.3) is 0 Å². The van der Waals surface area contributed by atoms with Crippen molar-refractivity contribution in [1.29, 1.82) is 0 Å². The van der Waals surface area contributed by atoms with Crippen molar-refractivity contribution in [1.82, 2.24) is 9.80 Å². The van der Waals surface area contributed by atoms with Crippen molar-refractivity contribution in [2.24, 2.45) is 0 Å². The first-order valence-corrected chi connectivity index (χ1v) is 18.8. The van der Waals surface area contributed by atoms with Crippen LogP contribution in [0.15, 0.2) is 97.1 Å². The first kappa shape index (κ1) is 39.6. The van der Waals surface area contributed by atoms with Crippen LogP contribution >= 0.6 is 0 Å². The van der Waals surface area contributed by atoms with Crippen molar-refractivity contribution in [3.8, 4) is 0 Å². The van der Waals surface area contributed by atoms with E-state index in [2.05, 4.69) is 0 Å². The zero-order valence-corrected chi connectivity index (χ0v) is 31.9. The SMILES string of the molecule is Cc1ccc(C(=O)COC(=O)c2ccc(N3C(=O)CC(N4CCN(C5CC(=O)N(c6ccc(C(=O)OCC(=O)c7ccc(C)cc7)cc6)C5=O)CC4)C3=O)cc2)cc1. The largest absolute Gasteiger partial charge is 0.454 e. The molecule has 0 aliphatic carbocycles. The van der Waals surface area contributed by atoms with Gasteiger partial charge in [0, 0.05) is 37.3 Å². The Labute approximate surface area is 333 Å². The first-order valence-electron chi connectivity index (χ1n) is 18.8. The van der Waals surface area contributed by atoms with E-state index in [9.17, 15) is 38.4 Å². The van der Waals surface area contributed by atoms with E-state index >= 15 is 0 Å². The van der Waals surface area contributed by atoms with Gasteiger partial charge >= 0.3 is 11.9 Å². The van der Waals surface area contributed by atoms with E-state index in [1.807, 2.05) is 23.6 Å². The van der Waals surface area contributed by atoms with Crippen LogP contribution in [0.3, 0.4) is 0 Å². The number of amides is 4. The van der Waals surface area contributed by atoms with E-state index < -0.39 is 60.9 Å². The lowest BCUT2D eigenvalue weighted by atomic mass is 10.1. The number of ketones is 2. The van der Waals surface area contributed by atoms with Crippen LogP contribution in [-0.2, 0) is 28.7 Å². The minimum Gasteiger partial charge on any atom is -0.454 e. The Morgan fingerprint density at radius 2 is 0.793 bits per heavy atom. The smallest absolute Gasteiger partial charge is 0.338 e. The molecule has 7 rings (SSSR count). The van der Waals surface area contributed by atoms with Crippen molar-refractivity contribution in [3.63, 3.8) is 0 Å². The van der Waals surface area contributed by atoms with E-state index in [1.54, 1.807) is 48.5 Å². The Morgan fingerprint density at radius 3 is 1.12 bits per heavy atom. The van der Waals surface area contributed by atoms with Gasteiger partial charge in [0.05, 0.1) is 47.4 Å². The molecule has 0 bridgehead atoms. The third kappa shape index (κ3) is 8.38. The minimum absolute atomic E-state index is 0.0367. The summed E-state index contributed by atoms with van der Waals surface area (Å²) in [5.74, 6) is -3.70. The van der Waals surface area contributed by atoms with E-state index in [-0.39, 0.29) is 35.5 Å². The van der Waals surface area contributed by atoms with Gasteiger partial charge in [0.2, 0.25) is 11.8 Å². The molecule has 3 saturated heterocycles. The lowest BCUT2D eigenvalue weighted by Gasteiger charge is -2.38. The average Bonchev–Trinajstić information content (AvgIpc) is 3.71. The van der Waals surface area contributed by atoms with Crippen molar-refractivity contribution in [2.75, 3.05) is 49.2 Å². The second-order valence-electron chi connectivity index (χ2n) is 14.5. The van der Waals surface area contributed by atoms with E-state index in [0.29, 0.717) is 48.7 Å². The number of nitrogens with zero attached hydrogens (tertiary/aromatic N) is 4. The number of hydrogen-bond donors (Lipinski definition) is 0. The number of esters is 2. The van der Waals surface area contributed by atoms with E-state index in [1.165, 1.54) is 48.5 Å². The minimum atomic E-state index is -0.715. The lowest BCUT2D eigenvalue weighted by Crippen LogP contribution is -2.56. The third-order valence-corrected chi connectivity index (χ3v) is 10.6. The fourth-order valence-corrected chi connectivity index (χ4v) is 7.27. The van der Waals surface area contributed by atoms with E-state index in [0.717, 1.165) is 20.9 Å². The second kappa shape index (κ2) is 16.8. The molecular formula is C44H40N4O10. The number of hydrogen-bond acceptors (Lipinski definition) is 12. The summed E-state index contributed by atoms with van der Waals surface area (Å²) in [6.07, 6.45) is -0.0735. The van der Waals surface area contributed by atoms with Crippen molar-refractivity contribution < 1.29 is 47.8 Å². The highest BCUT2D eigenvalue weighted by molar-refractivity contribution is 6.23. The summed E-state index contributed by atoms with van der Waals surface area (Å²) in [5.41, 5.74) is 3.77. The molecule has 3 aliphatic rings. The highest BCUT2D eigenvalue weighted by Gasteiger charge is 2.47. The van der Waals surface area contributed by atoms with Crippen LogP contribution in [0, 0.1) is 13.8 Å². The maximum atomic E-state index is 13.6. The fourth-order valence-electron chi connectivity index (χ4n) is 7.27. The normalized spacial score (nSPS) is 18.8. The molecule has 14 heteroatoms. The predicted octanol–water partition coefficient (Wildman–Crippen LogP) is 3.96. The van der Waals surface area contributed by atoms with Gasteiger partial charge in [0.25, 0.3) is 11.8 Å². The summed E-state index contributed by atoms with van der Waals surface area (Å²) in [4.78, 5) is 109. The third-order valence-electron chi connectivity index (χ3n) is 10.6. The molecule has 296 valence electrons. The van der Waals surface area contributed by atoms with Gasteiger partial charge < -0.3 is 9.47 Å². The fraction of sp³-hybridized carbons (Fsp3) is 0.273. The molecule has 14 nitrogen and oxygen atoms in total. The number of carbonyl (C=O) groups excluding carboxylic acids is 8. The number of anilines is 2. The van der Waals surface area contributed by atoms with Crippen molar-refractivity contribution >= 4 is 58.5 Å². The monoisotopic (exact) mass is 784 g/mol. The quantitative estimate of drug-likeness (QED) is 0.115. The molecule has 4 aromatic carbocycles. The lowest BCUT2D eigenvalue weighted by molar-refractivity contribution is -0.126. The molecule has 4 aromatic rings. The Morgan fingerprint density at radius 1 is 0.483 bits per heavy atom. The molecule has 2 atom stereocenters. The maximum absolute atomic E-state index is 13.6.